The van der Waals surface area contributed by atoms with Gasteiger partial charge in [-0.3, -0.25) is 0 Å². The van der Waals surface area contributed by atoms with Crippen LogP contribution < -0.4 is 0 Å². The van der Waals surface area contributed by atoms with Gasteiger partial charge in [0.05, 0.1) is 5.52 Å². The van der Waals surface area contributed by atoms with E-state index in [1.165, 1.54) is 0 Å². The highest BCUT2D eigenvalue weighted by atomic mass is 32.2. The summed E-state index contributed by atoms with van der Waals surface area (Å²) in [6.45, 7) is 0. The van der Waals surface area contributed by atoms with Crippen molar-refractivity contribution in [3.63, 3.8) is 0 Å². The standard InChI is InChI=1S/C7H5N3O2S/c11-13(12)7-8-5-3-1-2-4-6(5)9-10-7/h1-4,10H. The molecule has 1 heterocycles. The molecule has 66 valence electrons. The van der Waals surface area contributed by atoms with Crippen LogP contribution in [0.3, 0.4) is 0 Å². The Morgan fingerprint density at radius 2 is 1.85 bits per heavy atom. The molecule has 5 nitrogen and oxygen atoms in total. The zero-order chi connectivity index (χ0) is 9.26. The molecule has 1 aromatic carbocycles. The molecule has 0 aliphatic carbocycles. The molecule has 2 rings (SSSR count). The van der Waals surface area contributed by atoms with Crippen molar-refractivity contribution in [3.8, 4) is 0 Å². The van der Waals surface area contributed by atoms with E-state index in [4.69, 9.17) is 0 Å². The van der Waals surface area contributed by atoms with E-state index in [9.17, 15) is 8.42 Å². The van der Waals surface area contributed by atoms with Crippen LogP contribution in [0.25, 0.3) is 11.0 Å². The fourth-order valence-electron chi connectivity index (χ4n) is 0.970. The number of nitrogens with zero attached hydrogens (tertiary/aromatic N) is 2. The average molecular weight is 195 g/mol. The van der Waals surface area contributed by atoms with Gasteiger partial charge >= 0.3 is 0 Å². The van der Waals surface area contributed by atoms with Gasteiger partial charge in [-0.05, 0) is 12.1 Å². The molecule has 0 aliphatic rings. The van der Waals surface area contributed by atoms with Gasteiger partial charge in [-0.1, -0.05) is 12.1 Å². The summed E-state index contributed by atoms with van der Waals surface area (Å²) >= 11 is 0. The van der Waals surface area contributed by atoms with Crippen LogP contribution in [-0.4, -0.2) is 23.6 Å². The minimum atomic E-state index is -2.36. The third-order valence-corrected chi connectivity index (χ3v) is 2.03. The highest BCUT2D eigenvalue weighted by Crippen LogP contribution is 2.04. The second-order valence-corrected chi connectivity index (χ2v) is 3.22. The molecule has 1 N–H and O–H groups in total. The van der Waals surface area contributed by atoms with Crippen LogP contribution in [0.4, 0.5) is 0 Å². The van der Waals surface area contributed by atoms with Gasteiger partial charge in [0.1, 0.15) is 5.52 Å². The molecule has 13 heavy (non-hydrogen) atoms. The minimum absolute atomic E-state index is 0.154. The Balaban J connectivity index is 3.01. The molecule has 1 aromatic heterocycles. The molecule has 0 spiro atoms. The number of aromatic nitrogens is 3. The molecule has 0 radical (unpaired) electrons. The van der Waals surface area contributed by atoms with Gasteiger partial charge in [0.25, 0.3) is 15.1 Å². The predicted octanol–water partition coefficient (Wildman–Crippen LogP) is 0.369. The van der Waals surface area contributed by atoms with Gasteiger partial charge in [0, 0.05) is 0 Å². The van der Waals surface area contributed by atoms with Crippen LogP contribution in [-0.2, 0) is 10.3 Å². The SMILES string of the molecule is O=S(=O)=c1nc2ccccc2n[nH]1. The lowest BCUT2D eigenvalue weighted by molar-refractivity contribution is 0.622. The van der Waals surface area contributed by atoms with Crippen molar-refractivity contribution in [1.82, 2.24) is 15.2 Å². The summed E-state index contributed by atoms with van der Waals surface area (Å²) in [6, 6.07) is 7.02. The Morgan fingerprint density at radius 1 is 1.15 bits per heavy atom. The third kappa shape index (κ3) is 1.43. The smallest absolute Gasteiger partial charge is 0.247 e. The van der Waals surface area contributed by atoms with E-state index in [1.54, 1.807) is 24.3 Å². The van der Waals surface area contributed by atoms with Gasteiger partial charge in [-0.2, -0.15) is 13.5 Å². The van der Waals surface area contributed by atoms with Crippen LogP contribution in [0.1, 0.15) is 0 Å². The molecular formula is C7H5N3O2S. The lowest BCUT2D eigenvalue weighted by Gasteiger charge is -1.91. The van der Waals surface area contributed by atoms with E-state index in [2.05, 4.69) is 15.2 Å². The maximum absolute atomic E-state index is 10.5. The number of aromatic amines is 1. The van der Waals surface area contributed by atoms with Gasteiger partial charge in [0.2, 0.25) is 0 Å². The van der Waals surface area contributed by atoms with Crippen LogP contribution in [0, 0.1) is 4.77 Å². The van der Waals surface area contributed by atoms with E-state index in [1.807, 2.05) is 0 Å². The van der Waals surface area contributed by atoms with Crippen molar-refractivity contribution >= 4 is 21.3 Å². The van der Waals surface area contributed by atoms with E-state index in [0.29, 0.717) is 11.0 Å². The van der Waals surface area contributed by atoms with Crippen LogP contribution in [0.5, 0.6) is 0 Å². The quantitative estimate of drug-likeness (QED) is 0.616. The Labute approximate surface area is 74.6 Å². The van der Waals surface area contributed by atoms with Crippen molar-refractivity contribution in [2.45, 2.75) is 0 Å². The fraction of sp³-hybridized carbons (Fsp3) is 0. The Kier molecular flexibility index (Phi) is 1.82. The van der Waals surface area contributed by atoms with Crippen molar-refractivity contribution in [3.05, 3.63) is 29.0 Å². The first-order valence-corrected chi connectivity index (χ1v) is 4.58. The largest absolute Gasteiger partial charge is 0.270 e. The summed E-state index contributed by atoms with van der Waals surface area (Å²) in [4.78, 5) is 3.84. The molecule has 0 amide bonds. The fourth-order valence-corrected chi connectivity index (χ4v) is 1.26. The maximum atomic E-state index is 10.5. The third-order valence-electron chi connectivity index (χ3n) is 1.53. The summed E-state index contributed by atoms with van der Waals surface area (Å²) in [7, 11) is -2.36. The van der Waals surface area contributed by atoms with Crippen molar-refractivity contribution < 1.29 is 8.42 Å². The first-order valence-electron chi connectivity index (χ1n) is 3.51. The molecule has 0 saturated carbocycles. The number of H-pyrrole nitrogens is 1. The lowest BCUT2D eigenvalue weighted by Crippen LogP contribution is -1.90. The number of benzene rings is 1. The molecule has 2 aromatic rings. The van der Waals surface area contributed by atoms with Gasteiger partial charge < -0.3 is 0 Å². The van der Waals surface area contributed by atoms with Gasteiger partial charge in [-0.25, -0.2) is 10.1 Å². The molecule has 0 fully saturated rings. The highest BCUT2D eigenvalue weighted by Gasteiger charge is 1.93. The second-order valence-electron chi connectivity index (χ2n) is 2.36. The predicted molar refractivity (Wildman–Crippen MR) is 46.1 cm³/mol. The first-order chi connectivity index (χ1) is 6.27. The Bertz CT molecular complexity index is 607. The zero-order valence-electron chi connectivity index (χ0n) is 6.43. The van der Waals surface area contributed by atoms with E-state index in [0.717, 1.165) is 0 Å². The molecule has 0 atom stereocenters. The Hall–Kier alpha value is -1.69. The number of para-hydroxylation sites is 2. The number of hydrogen-bond acceptors (Lipinski definition) is 4. The van der Waals surface area contributed by atoms with Crippen molar-refractivity contribution in [2.75, 3.05) is 0 Å². The molecule has 6 heteroatoms. The first kappa shape index (κ1) is 7.93. The summed E-state index contributed by atoms with van der Waals surface area (Å²) in [5.74, 6) is 0. The van der Waals surface area contributed by atoms with E-state index < -0.39 is 10.3 Å². The topological polar surface area (TPSA) is 75.7 Å². The summed E-state index contributed by atoms with van der Waals surface area (Å²) in [6.07, 6.45) is 0. The Morgan fingerprint density at radius 3 is 2.54 bits per heavy atom. The van der Waals surface area contributed by atoms with Crippen molar-refractivity contribution in [2.24, 2.45) is 0 Å². The molecule has 0 aliphatic heterocycles. The van der Waals surface area contributed by atoms with Crippen LogP contribution in [0.2, 0.25) is 0 Å². The average Bonchev–Trinajstić information content (AvgIpc) is 2.17. The van der Waals surface area contributed by atoms with Crippen LogP contribution in [0.15, 0.2) is 24.3 Å². The number of fused-ring (bicyclic) bond motifs is 1. The number of nitrogens with one attached hydrogen (secondary N) is 1. The van der Waals surface area contributed by atoms with Gasteiger partial charge in [-0.15, -0.1) is 0 Å². The lowest BCUT2D eigenvalue weighted by atomic mass is 10.3. The number of rotatable bonds is 0. The summed E-state index contributed by atoms with van der Waals surface area (Å²) in [5.41, 5.74) is 1.19. The summed E-state index contributed by atoms with van der Waals surface area (Å²) in [5, 5.41) is 6.16. The van der Waals surface area contributed by atoms with E-state index in [-0.39, 0.29) is 4.77 Å². The molecule has 0 saturated heterocycles. The van der Waals surface area contributed by atoms with E-state index >= 15 is 0 Å². The number of hydrogen-bond donors (Lipinski definition) is 1. The second kappa shape index (κ2) is 2.98. The minimum Gasteiger partial charge on any atom is -0.247 e. The van der Waals surface area contributed by atoms with Gasteiger partial charge in [0.15, 0.2) is 0 Å². The monoisotopic (exact) mass is 195 g/mol. The maximum Gasteiger partial charge on any atom is 0.270 e. The highest BCUT2D eigenvalue weighted by molar-refractivity contribution is 7.63. The zero-order valence-corrected chi connectivity index (χ0v) is 7.25. The van der Waals surface area contributed by atoms with Crippen molar-refractivity contribution in [1.29, 1.82) is 0 Å². The summed E-state index contributed by atoms with van der Waals surface area (Å²) < 4.78 is 20.9. The molecule has 0 bridgehead atoms. The van der Waals surface area contributed by atoms with Crippen LogP contribution >= 0.6 is 0 Å². The normalized spacial score (nSPS) is 10.2. The molecular weight excluding hydrogens is 190 g/mol. The molecule has 0 unspecified atom stereocenters.